The van der Waals surface area contributed by atoms with Gasteiger partial charge in [-0.25, -0.2) is 0 Å². The Morgan fingerprint density at radius 2 is 1.75 bits per heavy atom. The highest BCUT2D eigenvalue weighted by Gasteiger charge is 2.17. The number of hydrogen-bond donors (Lipinski definition) is 0. The predicted molar refractivity (Wildman–Crippen MR) is 105 cm³/mol. The minimum Gasteiger partial charge on any atom is -0.487 e. The lowest BCUT2D eigenvalue weighted by Crippen LogP contribution is -2.26. The van der Waals surface area contributed by atoms with Crippen LogP contribution in [0.5, 0.6) is 5.75 Å². The summed E-state index contributed by atoms with van der Waals surface area (Å²) in [4.78, 5) is 3.07. The summed E-state index contributed by atoms with van der Waals surface area (Å²) in [7, 11) is 0. The lowest BCUT2D eigenvalue weighted by molar-refractivity contribution is 0.306. The van der Waals surface area contributed by atoms with Crippen molar-refractivity contribution >= 4 is 52.0 Å². The molecular formula is C18H16Cl3NOS. The van der Waals surface area contributed by atoms with Crippen LogP contribution in [0, 0.1) is 0 Å². The van der Waals surface area contributed by atoms with Crippen LogP contribution >= 0.6 is 47.0 Å². The average Bonchev–Trinajstić information content (AvgIpc) is 3.09. The van der Waals surface area contributed by atoms with Crippen molar-refractivity contribution in [1.82, 2.24) is 4.90 Å². The van der Waals surface area contributed by atoms with Crippen molar-refractivity contribution in [3.05, 3.63) is 62.6 Å². The molecule has 0 spiro atoms. The highest BCUT2D eigenvalue weighted by molar-refractivity contribution is 7.80. The Morgan fingerprint density at radius 1 is 1.00 bits per heavy atom. The van der Waals surface area contributed by atoms with Crippen molar-refractivity contribution in [2.75, 3.05) is 13.1 Å². The predicted octanol–water partition coefficient (Wildman–Crippen LogP) is 6.00. The summed E-state index contributed by atoms with van der Waals surface area (Å²) < 4.78 is 5.79. The number of halogens is 3. The SMILES string of the molecule is S=C(c1ccc(OCc2ccc(Cl)cc2Cl)c(Cl)c1)N1CCCC1. The number of hydrogen-bond acceptors (Lipinski definition) is 2. The molecule has 24 heavy (non-hydrogen) atoms. The highest BCUT2D eigenvalue weighted by Crippen LogP contribution is 2.29. The van der Waals surface area contributed by atoms with Crippen LogP contribution in [0.4, 0.5) is 0 Å². The standard InChI is InChI=1S/C18H16Cl3NOS/c19-14-5-3-13(15(20)10-14)11-23-17-6-4-12(9-16(17)21)18(24)22-7-1-2-8-22/h3-6,9-10H,1-2,7-8,11H2. The Balaban J connectivity index is 1.69. The minimum atomic E-state index is 0.325. The van der Waals surface area contributed by atoms with Gasteiger partial charge in [-0.1, -0.05) is 53.1 Å². The van der Waals surface area contributed by atoms with Crippen molar-refractivity contribution in [1.29, 1.82) is 0 Å². The molecule has 1 saturated heterocycles. The van der Waals surface area contributed by atoms with Gasteiger partial charge in [0, 0.05) is 34.3 Å². The van der Waals surface area contributed by atoms with E-state index in [0.717, 1.165) is 29.2 Å². The second kappa shape index (κ2) is 7.92. The summed E-state index contributed by atoms with van der Waals surface area (Å²) in [5.41, 5.74) is 1.81. The molecule has 1 aliphatic heterocycles. The fourth-order valence-corrected chi connectivity index (χ4v) is 3.66. The van der Waals surface area contributed by atoms with E-state index < -0.39 is 0 Å². The molecule has 0 bridgehead atoms. The second-order valence-electron chi connectivity index (χ2n) is 5.67. The van der Waals surface area contributed by atoms with Gasteiger partial charge >= 0.3 is 0 Å². The first kappa shape index (κ1) is 17.8. The van der Waals surface area contributed by atoms with Crippen molar-refractivity contribution in [3.8, 4) is 5.75 Å². The molecule has 0 aliphatic carbocycles. The number of nitrogens with zero attached hydrogens (tertiary/aromatic N) is 1. The summed E-state index contributed by atoms with van der Waals surface area (Å²) in [6.45, 7) is 2.36. The summed E-state index contributed by atoms with van der Waals surface area (Å²) >= 11 is 24.0. The van der Waals surface area contributed by atoms with Crippen LogP contribution in [0.1, 0.15) is 24.0 Å². The molecule has 6 heteroatoms. The molecular weight excluding hydrogens is 385 g/mol. The Bertz CT molecular complexity index is 760. The first-order valence-corrected chi connectivity index (χ1v) is 9.24. The zero-order chi connectivity index (χ0) is 17.1. The van der Waals surface area contributed by atoms with Gasteiger partial charge in [-0.05, 0) is 43.2 Å². The zero-order valence-electron chi connectivity index (χ0n) is 12.9. The van der Waals surface area contributed by atoms with Crippen molar-refractivity contribution < 1.29 is 4.74 Å². The van der Waals surface area contributed by atoms with Gasteiger partial charge in [0.25, 0.3) is 0 Å². The molecule has 0 unspecified atom stereocenters. The van der Waals surface area contributed by atoms with Gasteiger partial charge in [0.05, 0.1) is 5.02 Å². The first-order chi connectivity index (χ1) is 11.5. The van der Waals surface area contributed by atoms with Crippen LogP contribution in [0.3, 0.4) is 0 Å². The van der Waals surface area contributed by atoms with E-state index in [9.17, 15) is 0 Å². The molecule has 1 fully saturated rings. The fourth-order valence-electron chi connectivity index (χ4n) is 2.65. The molecule has 0 N–H and O–H groups in total. The van der Waals surface area contributed by atoms with E-state index in [4.69, 9.17) is 51.8 Å². The Morgan fingerprint density at radius 3 is 2.42 bits per heavy atom. The number of rotatable bonds is 4. The first-order valence-electron chi connectivity index (χ1n) is 7.70. The monoisotopic (exact) mass is 399 g/mol. The molecule has 1 heterocycles. The third-order valence-corrected chi connectivity index (χ3v) is 5.35. The maximum Gasteiger partial charge on any atom is 0.138 e. The molecule has 126 valence electrons. The lowest BCUT2D eigenvalue weighted by atomic mass is 10.2. The Hall–Kier alpha value is -1.00. The summed E-state index contributed by atoms with van der Waals surface area (Å²) in [6.07, 6.45) is 2.38. The van der Waals surface area contributed by atoms with Gasteiger partial charge in [0.15, 0.2) is 0 Å². The van der Waals surface area contributed by atoms with Crippen molar-refractivity contribution in [3.63, 3.8) is 0 Å². The van der Waals surface area contributed by atoms with E-state index in [0.29, 0.717) is 27.4 Å². The number of benzene rings is 2. The Kier molecular flexibility index (Phi) is 5.88. The molecule has 1 aliphatic rings. The van der Waals surface area contributed by atoms with Crippen molar-refractivity contribution in [2.45, 2.75) is 19.4 Å². The summed E-state index contributed by atoms with van der Waals surface area (Å²) in [6, 6.07) is 11.0. The lowest BCUT2D eigenvalue weighted by Gasteiger charge is -2.19. The van der Waals surface area contributed by atoms with Crippen LogP contribution in [0.15, 0.2) is 36.4 Å². The Labute approximate surface area is 162 Å². The maximum absolute atomic E-state index is 6.35. The highest BCUT2D eigenvalue weighted by atomic mass is 35.5. The quantitative estimate of drug-likeness (QED) is 0.584. The van der Waals surface area contributed by atoms with Gasteiger partial charge in [-0.2, -0.15) is 0 Å². The van der Waals surface area contributed by atoms with Gasteiger partial charge in [-0.3, -0.25) is 0 Å². The number of likely N-dealkylation sites (tertiary alicyclic amines) is 1. The maximum atomic E-state index is 6.35. The molecule has 2 aromatic rings. The molecule has 0 radical (unpaired) electrons. The molecule has 2 aromatic carbocycles. The topological polar surface area (TPSA) is 12.5 Å². The summed E-state index contributed by atoms with van der Waals surface area (Å²) in [5, 5.41) is 1.71. The second-order valence-corrected chi connectivity index (χ2v) is 7.31. The van der Waals surface area contributed by atoms with Crippen LogP contribution < -0.4 is 4.74 Å². The van der Waals surface area contributed by atoms with E-state index in [1.54, 1.807) is 12.1 Å². The third kappa shape index (κ3) is 4.15. The number of ether oxygens (including phenoxy) is 1. The minimum absolute atomic E-state index is 0.325. The largest absolute Gasteiger partial charge is 0.487 e. The molecule has 0 amide bonds. The molecule has 2 nitrogen and oxygen atoms in total. The van der Waals surface area contributed by atoms with E-state index >= 15 is 0 Å². The van der Waals surface area contributed by atoms with E-state index in [1.807, 2.05) is 24.3 Å². The van der Waals surface area contributed by atoms with Crippen molar-refractivity contribution in [2.24, 2.45) is 0 Å². The third-order valence-electron chi connectivity index (χ3n) is 3.97. The fraction of sp³-hybridized carbons (Fsp3) is 0.278. The van der Waals surface area contributed by atoms with Crippen LogP contribution in [0.25, 0.3) is 0 Å². The molecule has 3 rings (SSSR count). The zero-order valence-corrected chi connectivity index (χ0v) is 16.0. The van der Waals surface area contributed by atoms with E-state index in [2.05, 4.69) is 4.90 Å². The normalized spacial score (nSPS) is 14.0. The van der Waals surface area contributed by atoms with Gasteiger partial charge in [0.2, 0.25) is 0 Å². The van der Waals surface area contributed by atoms with E-state index in [-0.39, 0.29) is 0 Å². The van der Waals surface area contributed by atoms with E-state index in [1.165, 1.54) is 12.8 Å². The van der Waals surface area contributed by atoms with Crippen LogP contribution in [-0.4, -0.2) is 23.0 Å². The van der Waals surface area contributed by atoms with Gasteiger partial charge < -0.3 is 9.64 Å². The summed E-state index contributed by atoms with van der Waals surface area (Å²) in [5.74, 6) is 0.607. The molecule has 0 atom stereocenters. The molecule has 0 aromatic heterocycles. The average molecular weight is 401 g/mol. The number of thiocarbonyl (C=S) groups is 1. The smallest absolute Gasteiger partial charge is 0.138 e. The van der Waals surface area contributed by atoms with Crippen LogP contribution in [0.2, 0.25) is 15.1 Å². The van der Waals surface area contributed by atoms with Crippen LogP contribution in [-0.2, 0) is 6.61 Å². The van der Waals surface area contributed by atoms with Gasteiger partial charge in [-0.15, -0.1) is 0 Å². The molecule has 0 saturated carbocycles. The van der Waals surface area contributed by atoms with Gasteiger partial charge in [0.1, 0.15) is 17.3 Å².